The summed E-state index contributed by atoms with van der Waals surface area (Å²) in [7, 11) is 0. The summed E-state index contributed by atoms with van der Waals surface area (Å²) in [6, 6.07) is -0.286. The van der Waals surface area contributed by atoms with Crippen LogP contribution in [0.5, 0.6) is 0 Å². The highest BCUT2D eigenvalue weighted by Gasteiger charge is 2.36. The molecule has 0 aromatic rings. The second kappa shape index (κ2) is 5.18. The van der Waals surface area contributed by atoms with Gasteiger partial charge < -0.3 is 15.6 Å². The molecule has 0 radical (unpaired) electrons. The van der Waals surface area contributed by atoms with Crippen molar-refractivity contribution in [2.24, 2.45) is 0 Å². The van der Waals surface area contributed by atoms with Crippen molar-refractivity contribution in [3.8, 4) is 0 Å². The summed E-state index contributed by atoms with van der Waals surface area (Å²) in [6.45, 7) is 1.66. The van der Waals surface area contributed by atoms with E-state index in [0.717, 1.165) is 0 Å². The lowest BCUT2D eigenvalue weighted by Crippen LogP contribution is -2.50. The lowest BCUT2D eigenvalue weighted by atomic mass is 9.98. The van der Waals surface area contributed by atoms with E-state index in [1.807, 2.05) is 0 Å². The van der Waals surface area contributed by atoms with Crippen molar-refractivity contribution >= 4 is 23.4 Å². The lowest BCUT2D eigenvalue weighted by Gasteiger charge is -2.25. The zero-order valence-electron chi connectivity index (χ0n) is 8.73. The summed E-state index contributed by atoms with van der Waals surface area (Å²) in [5.41, 5.74) is 7.89. The van der Waals surface area contributed by atoms with Crippen LogP contribution < -0.4 is 5.32 Å². The van der Waals surface area contributed by atoms with Gasteiger partial charge in [0.05, 0.1) is 6.61 Å². The van der Waals surface area contributed by atoms with Gasteiger partial charge in [0, 0.05) is 18.9 Å². The topological polar surface area (TPSA) is 109 Å². The van der Waals surface area contributed by atoms with Crippen molar-refractivity contribution in [2.45, 2.75) is 25.8 Å². The van der Waals surface area contributed by atoms with Crippen molar-refractivity contribution < 1.29 is 23.9 Å². The third-order valence-electron chi connectivity index (χ3n) is 2.06. The molecule has 1 fully saturated rings. The molecule has 0 aliphatic carbocycles. The van der Waals surface area contributed by atoms with Gasteiger partial charge in [0.15, 0.2) is 0 Å². The van der Waals surface area contributed by atoms with Gasteiger partial charge in [-0.05, 0) is 6.92 Å². The van der Waals surface area contributed by atoms with Crippen molar-refractivity contribution in [3.05, 3.63) is 5.53 Å². The number of rotatable bonds is 5. The second-order valence-corrected chi connectivity index (χ2v) is 3.26. The van der Waals surface area contributed by atoms with E-state index in [1.54, 1.807) is 6.92 Å². The Balaban J connectivity index is 2.54. The molecule has 86 valence electrons. The Morgan fingerprint density at radius 2 is 2.25 bits per heavy atom. The SMILES string of the molecule is CCOC(=O)C(=[N+]=[N-])C(=O)CC1CC(=O)N1. The highest BCUT2D eigenvalue weighted by molar-refractivity contribution is 6.62. The van der Waals surface area contributed by atoms with E-state index in [0.29, 0.717) is 0 Å². The molecule has 1 saturated heterocycles. The smallest absolute Gasteiger partial charge is 0.441 e. The first-order chi connectivity index (χ1) is 7.58. The molecule has 1 unspecified atom stereocenters. The number of nitrogens with zero attached hydrogens (tertiary/aromatic N) is 2. The van der Waals surface area contributed by atoms with Crippen LogP contribution in [0.2, 0.25) is 0 Å². The fourth-order valence-electron chi connectivity index (χ4n) is 1.28. The van der Waals surface area contributed by atoms with Gasteiger partial charge in [-0.1, -0.05) is 0 Å². The molecule has 7 heteroatoms. The monoisotopic (exact) mass is 225 g/mol. The van der Waals surface area contributed by atoms with Gasteiger partial charge in [-0.3, -0.25) is 9.59 Å². The highest BCUT2D eigenvalue weighted by Crippen LogP contribution is 2.09. The molecule has 0 spiro atoms. The molecule has 16 heavy (non-hydrogen) atoms. The van der Waals surface area contributed by atoms with Gasteiger partial charge in [0.25, 0.3) is 5.78 Å². The molecule has 1 aliphatic heterocycles. The molecule has 1 N–H and O–H groups in total. The molecule has 7 nitrogen and oxygen atoms in total. The van der Waals surface area contributed by atoms with Crippen molar-refractivity contribution in [1.82, 2.24) is 5.32 Å². The van der Waals surface area contributed by atoms with E-state index in [2.05, 4.69) is 14.8 Å². The fourth-order valence-corrected chi connectivity index (χ4v) is 1.28. The summed E-state index contributed by atoms with van der Waals surface area (Å²) >= 11 is 0. The van der Waals surface area contributed by atoms with Crippen molar-refractivity contribution in [1.29, 1.82) is 0 Å². The van der Waals surface area contributed by atoms with Gasteiger partial charge in [-0.15, -0.1) is 0 Å². The van der Waals surface area contributed by atoms with Crippen molar-refractivity contribution in [3.63, 3.8) is 0 Å². The van der Waals surface area contributed by atoms with Gasteiger partial charge in [-0.25, -0.2) is 4.79 Å². The Morgan fingerprint density at radius 3 is 2.69 bits per heavy atom. The minimum absolute atomic E-state index is 0.0655. The van der Waals surface area contributed by atoms with E-state index >= 15 is 0 Å². The number of Topliss-reactive ketones (excluding diaryl/α,β-unsaturated/α-hetero) is 1. The summed E-state index contributed by atoms with van der Waals surface area (Å²) in [5.74, 6) is -1.75. The van der Waals surface area contributed by atoms with Crippen LogP contribution in [-0.2, 0) is 19.1 Å². The third-order valence-corrected chi connectivity index (χ3v) is 2.06. The molecule has 0 saturated carbocycles. The summed E-state index contributed by atoms with van der Waals surface area (Å²) in [4.78, 5) is 35.8. The maximum absolute atomic E-state index is 11.5. The predicted molar refractivity (Wildman–Crippen MR) is 51.4 cm³/mol. The normalized spacial score (nSPS) is 17.8. The molecule has 1 amide bonds. The molecule has 1 aliphatic rings. The number of ether oxygens (including phenoxy) is 1. The van der Waals surface area contributed by atoms with E-state index < -0.39 is 17.5 Å². The first-order valence-corrected chi connectivity index (χ1v) is 4.80. The van der Waals surface area contributed by atoms with Crippen LogP contribution in [-0.4, -0.2) is 40.8 Å². The maximum Gasteiger partial charge on any atom is 0.441 e. The Morgan fingerprint density at radius 1 is 1.62 bits per heavy atom. The van der Waals surface area contributed by atoms with Crippen LogP contribution in [0.25, 0.3) is 5.53 Å². The van der Waals surface area contributed by atoms with Crippen LogP contribution in [0, 0.1) is 0 Å². The number of ketones is 1. The number of esters is 1. The average molecular weight is 225 g/mol. The number of amides is 1. The van der Waals surface area contributed by atoms with Crippen LogP contribution in [0.3, 0.4) is 0 Å². The summed E-state index contributed by atoms with van der Waals surface area (Å²) in [6.07, 6.45) is 0.178. The molecule has 1 atom stereocenters. The minimum atomic E-state index is -0.958. The summed E-state index contributed by atoms with van der Waals surface area (Å²) in [5, 5.41) is 2.48. The van der Waals surface area contributed by atoms with Gasteiger partial charge in [-0.2, -0.15) is 4.79 Å². The molecule has 0 aromatic carbocycles. The van der Waals surface area contributed by atoms with Gasteiger partial charge >= 0.3 is 11.7 Å². The standard InChI is InChI=1S/C9H11N3O4/c1-2-16-9(15)8(12-10)6(13)3-5-4-7(14)11-5/h5H,2-4H2,1H3,(H,11,14). The number of carbonyl (C=O) groups excluding carboxylic acids is 3. The fraction of sp³-hybridized carbons (Fsp3) is 0.556. The van der Waals surface area contributed by atoms with E-state index in [1.165, 1.54) is 0 Å². The lowest BCUT2D eigenvalue weighted by molar-refractivity contribution is -0.141. The molecular formula is C9H11N3O4. The molecule has 1 rings (SSSR count). The van der Waals surface area contributed by atoms with Crippen molar-refractivity contribution in [2.75, 3.05) is 6.61 Å². The Bertz CT molecular complexity index is 376. The van der Waals surface area contributed by atoms with E-state index in [4.69, 9.17) is 5.53 Å². The number of hydrogen-bond donors (Lipinski definition) is 1. The molecule has 0 bridgehead atoms. The van der Waals surface area contributed by atoms with E-state index in [-0.39, 0.29) is 31.4 Å². The van der Waals surface area contributed by atoms with Gasteiger partial charge in [0.2, 0.25) is 5.91 Å². The average Bonchev–Trinajstić information content (AvgIpc) is 2.17. The largest absolute Gasteiger partial charge is 0.457 e. The van der Waals surface area contributed by atoms with Crippen LogP contribution >= 0.6 is 0 Å². The Kier molecular flexibility index (Phi) is 3.90. The zero-order chi connectivity index (χ0) is 12.1. The minimum Gasteiger partial charge on any atom is -0.457 e. The Hall–Kier alpha value is -2.01. The predicted octanol–water partition coefficient (Wildman–Crippen LogP) is -0.932. The summed E-state index contributed by atoms with van der Waals surface area (Å²) < 4.78 is 4.53. The Labute approximate surface area is 91.4 Å². The van der Waals surface area contributed by atoms with Gasteiger partial charge in [0.1, 0.15) is 0 Å². The number of nitrogens with one attached hydrogen (secondary N) is 1. The van der Waals surface area contributed by atoms with E-state index in [9.17, 15) is 14.4 Å². The quantitative estimate of drug-likeness (QED) is 0.163. The third kappa shape index (κ3) is 2.74. The molecule has 0 aromatic heterocycles. The second-order valence-electron chi connectivity index (χ2n) is 3.26. The molecular weight excluding hydrogens is 214 g/mol. The van der Waals surface area contributed by atoms with Crippen LogP contribution in [0.15, 0.2) is 0 Å². The van der Waals surface area contributed by atoms with Crippen LogP contribution in [0.1, 0.15) is 19.8 Å². The number of carbonyl (C=O) groups is 3. The number of hydrogen-bond acceptors (Lipinski definition) is 4. The molecule has 1 heterocycles. The maximum atomic E-state index is 11.5. The first kappa shape index (κ1) is 12.1. The van der Waals surface area contributed by atoms with Crippen LogP contribution in [0.4, 0.5) is 0 Å². The zero-order valence-corrected chi connectivity index (χ0v) is 8.73. The highest BCUT2D eigenvalue weighted by atomic mass is 16.5. The first-order valence-electron chi connectivity index (χ1n) is 4.80. The number of β-lactam (4-membered cyclic amide) rings is 1.